The van der Waals surface area contributed by atoms with E-state index in [1.165, 1.54) is 18.2 Å². The fourth-order valence-electron chi connectivity index (χ4n) is 1.98. The summed E-state index contributed by atoms with van der Waals surface area (Å²) in [6.07, 6.45) is 0. The first-order chi connectivity index (χ1) is 10.8. The molecule has 0 amide bonds. The summed E-state index contributed by atoms with van der Waals surface area (Å²) < 4.78 is 0. The maximum Gasteiger partial charge on any atom is 0.280 e. The third-order valence-electron chi connectivity index (χ3n) is 3.14. The van der Waals surface area contributed by atoms with E-state index in [1.54, 1.807) is 24.3 Å². The van der Waals surface area contributed by atoms with Crippen LogP contribution in [0.25, 0.3) is 0 Å². The van der Waals surface area contributed by atoms with Crippen LogP contribution in [0.1, 0.15) is 20.7 Å². The van der Waals surface area contributed by atoms with Crippen molar-refractivity contribution in [3.8, 4) is 0 Å². The number of carbonyl (C=O) groups is 1. The van der Waals surface area contributed by atoms with Crippen molar-refractivity contribution in [2.24, 2.45) is 0 Å². The minimum atomic E-state index is -0.708. The van der Waals surface area contributed by atoms with Gasteiger partial charge in [-0.2, -0.15) is 0 Å². The fraction of sp³-hybridized carbons (Fsp3) is 0.133. The zero-order valence-electron chi connectivity index (χ0n) is 11.4. The average Bonchev–Trinajstić information content (AvgIpc) is 2.55. The molecule has 2 rings (SSSR count). The van der Waals surface area contributed by atoms with Crippen LogP contribution in [-0.2, 0) is 0 Å². The maximum absolute atomic E-state index is 12.6. The molecule has 0 heterocycles. The van der Waals surface area contributed by atoms with Crippen molar-refractivity contribution in [1.82, 2.24) is 0 Å². The molecule has 2 aromatic rings. The number of alkyl halides is 2. The van der Waals surface area contributed by atoms with E-state index in [9.17, 15) is 14.9 Å². The number of para-hydroxylation sites is 1. The molecular weight excluding hydrogens is 473 g/mol. The molecule has 0 N–H and O–H groups in total. The van der Waals surface area contributed by atoms with E-state index < -0.39 is 20.4 Å². The summed E-state index contributed by atoms with van der Waals surface area (Å²) in [6.45, 7) is 0. The van der Waals surface area contributed by atoms with Crippen LogP contribution in [0.4, 0.5) is 5.69 Å². The molecule has 0 radical (unpaired) electrons. The Morgan fingerprint density at radius 2 is 1.74 bits per heavy atom. The highest BCUT2D eigenvalue weighted by molar-refractivity contribution is 9.12. The zero-order valence-corrected chi connectivity index (χ0v) is 16.1. The molecule has 0 aliphatic rings. The summed E-state index contributed by atoms with van der Waals surface area (Å²) in [7, 11) is 0. The monoisotopic (exact) mass is 479 g/mol. The highest BCUT2D eigenvalue weighted by Gasteiger charge is 2.30. The summed E-state index contributed by atoms with van der Waals surface area (Å²) in [5.74, 6) is -0.398. The number of carbonyl (C=O) groups excluding carboxylic acids is 1. The molecule has 4 nitrogen and oxygen atoms in total. The number of nitro groups is 1. The third-order valence-corrected chi connectivity index (χ3v) is 6.59. The molecule has 0 unspecified atom stereocenters. The molecular formula is C15H9Br2Cl2NO3. The van der Waals surface area contributed by atoms with Crippen LogP contribution in [0.3, 0.4) is 0 Å². The Bertz CT molecular complexity index is 770. The van der Waals surface area contributed by atoms with Crippen LogP contribution >= 0.6 is 55.1 Å². The normalized spacial score (nSPS) is 13.4. The molecule has 2 aromatic carbocycles. The molecule has 0 fully saturated rings. The number of hydrogen-bond donors (Lipinski definition) is 0. The van der Waals surface area contributed by atoms with Crippen LogP contribution in [0, 0.1) is 10.1 Å². The van der Waals surface area contributed by atoms with Crippen molar-refractivity contribution >= 4 is 66.5 Å². The Kier molecular flexibility index (Phi) is 6.19. The van der Waals surface area contributed by atoms with E-state index >= 15 is 0 Å². The van der Waals surface area contributed by atoms with E-state index in [1.807, 2.05) is 0 Å². The fourth-order valence-corrected chi connectivity index (χ4v) is 3.36. The van der Waals surface area contributed by atoms with Gasteiger partial charge in [-0.25, -0.2) is 0 Å². The summed E-state index contributed by atoms with van der Waals surface area (Å²) in [4.78, 5) is 22.0. The average molecular weight is 482 g/mol. The van der Waals surface area contributed by atoms with E-state index in [-0.39, 0.29) is 11.3 Å². The van der Waals surface area contributed by atoms with Crippen molar-refractivity contribution in [2.75, 3.05) is 0 Å². The van der Waals surface area contributed by atoms with E-state index in [4.69, 9.17) is 23.2 Å². The number of nitro benzene ring substituents is 1. The van der Waals surface area contributed by atoms with Crippen LogP contribution in [0.15, 0.2) is 42.5 Å². The zero-order chi connectivity index (χ0) is 17.1. The van der Waals surface area contributed by atoms with Gasteiger partial charge in [-0.3, -0.25) is 14.9 Å². The highest BCUT2D eigenvalue weighted by atomic mass is 79.9. The van der Waals surface area contributed by atoms with Crippen molar-refractivity contribution in [1.29, 1.82) is 0 Å². The number of hydrogen-bond acceptors (Lipinski definition) is 3. The summed E-state index contributed by atoms with van der Waals surface area (Å²) in [5, 5.41) is 11.8. The topological polar surface area (TPSA) is 60.2 Å². The molecule has 120 valence electrons. The molecule has 0 aromatic heterocycles. The van der Waals surface area contributed by atoms with Gasteiger partial charge in [0.25, 0.3) is 5.69 Å². The summed E-state index contributed by atoms with van der Waals surface area (Å²) in [6, 6.07) is 10.8. The van der Waals surface area contributed by atoms with Crippen LogP contribution < -0.4 is 0 Å². The second kappa shape index (κ2) is 7.75. The van der Waals surface area contributed by atoms with Gasteiger partial charge in [0.2, 0.25) is 0 Å². The van der Waals surface area contributed by atoms with Crippen molar-refractivity contribution < 1.29 is 9.72 Å². The first-order valence-corrected chi connectivity index (χ1v) is 8.92. The number of rotatable bonds is 5. The van der Waals surface area contributed by atoms with Gasteiger partial charge in [-0.15, -0.1) is 0 Å². The van der Waals surface area contributed by atoms with Crippen molar-refractivity contribution in [3.05, 3.63) is 73.8 Å². The van der Waals surface area contributed by atoms with Gasteiger partial charge in [-0.05, 0) is 23.8 Å². The molecule has 2 atom stereocenters. The predicted octanol–water partition coefficient (Wildman–Crippen LogP) is 5.98. The maximum atomic E-state index is 12.6. The van der Waals surface area contributed by atoms with Gasteiger partial charge in [0.1, 0.15) is 0 Å². The molecule has 0 aliphatic heterocycles. The lowest BCUT2D eigenvalue weighted by molar-refractivity contribution is -0.385. The first-order valence-electron chi connectivity index (χ1n) is 6.33. The molecule has 0 saturated heterocycles. The Morgan fingerprint density at radius 3 is 2.35 bits per heavy atom. The molecule has 8 heteroatoms. The van der Waals surface area contributed by atoms with Gasteiger partial charge < -0.3 is 0 Å². The number of benzene rings is 2. The summed E-state index contributed by atoms with van der Waals surface area (Å²) >= 11 is 18.6. The Hall–Kier alpha value is -0.950. The number of Topliss-reactive ketones (excluding diaryl/α,β-unsaturated/α-hetero) is 1. The Balaban J connectivity index is 2.32. The standard InChI is InChI=1S/C15H9Br2Cl2NO3/c16-13(8-5-6-10(18)11(19)7-8)14(17)15(21)9-3-1-2-4-12(9)20(22)23/h1-7,13-14H/t13-,14-/m0/s1. The molecule has 0 spiro atoms. The quantitative estimate of drug-likeness (QED) is 0.228. The van der Waals surface area contributed by atoms with E-state index in [0.717, 1.165) is 5.56 Å². The predicted molar refractivity (Wildman–Crippen MR) is 98.3 cm³/mol. The molecule has 0 bridgehead atoms. The Morgan fingerprint density at radius 1 is 1.09 bits per heavy atom. The molecule has 23 heavy (non-hydrogen) atoms. The smallest absolute Gasteiger partial charge is 0.280 e. The van der Waals surface area contributed by atoms with Crippen molar-refractivity contribution in [2.45, 2.75) is 9.65 Å². The lowest BCUT2D eigenvalue weighted by atomic mass is 10.0. The third kappa shape index (κ3) is 4.12. The Labute approximate surface area is 159 Å². The molecule has 0 aliphatic carbocycles. The minimum absolute atomic E-state index is 0.0453. The lowest BCUT2D eigenvalue weighted by Gasteiger charge is -2.17. The van der Waals surface area contributed by atoms with Gasteiger partial charge in [0.05, 0.1) is 30.2 Å². The van der Waals surface area contributed by atoms with Gasteiger partial charge in [-0.1, -0.05) is 73.3 Å². The number of ketones is 1. The van der Waals surface area contributed by atoms with Crippen molar-refractivity contribution in [3.63, 3.8) is 0 Å². The number of halogens is 4. The summed E-state index contributed by atoms with van der Waals surface area (Å²) in [5.41, 5.74) is 0.549. The largest absolute Gasteiger partial charge is 0.293 e. The van der Waals surface area contributed by atoms with Gasteiger partial charge in [0.15, 0.2) is 5.78 Å². The van der Waals surface area contributed by atoms with E-state index in [2.05, 4.69) is 31.9 Å². The number of nitrogens with zero attached hydrogens (tertiary/aromatic N) is 1. The van der Waals surface area contributed by atoms with Crippen LogP contribution in [-0.4, -0.2) is 15.5 Å². The first kappa shape index (κ1) is 18.4. The van der Waals surface area contributed by atoms with E-state index in [0.29, 0.717) is 10.0 Å². The molecule has 0 saturated carbocycles. The van der Waals surface area contributed by atoms with Crippen LogP contribution in [0.5, 0.6) is 0 Å². The highest BCUT2D eigenvalue weighted by Crippen LogP contribution is 2.37. The van der Waals surface area contributed by atoms with Gasteiger partial charge in [0, 0.05) is 6.07 Å². The van der Waals surface area contributed by atoms with Gasteiger partial charge >= 0.3 is 0 Å². The second-order valence-electron chi connectivity index (χ2n) is 4.62. The minimum Gasteiger partial charge on any atom is -0.293 e. The van der Waals surface area contributed by atoms with Crippen LogP contribution in [0.2, 0.25) is 10.0 Å². The lowest BCUT2D eigenvalue weighted by Crippen LogP contribution is -2.20. The SMILES string of the molecule is O=C(c1ccccc1[N+](=O)[O-])[C@@H](Br)[C@@H](Br)c1ccc(Cl)c(Cl)c1. The second-order valence-corrected chi connectivity index (χ2v) is 7.40.